The van der Waals surface area contributed by atoms with Crippen molar-refractivity contribution in [3.8, 4) is 5.75 Å². The van der Waals surface area contributed by atoms with Gasteiger partial charge in [0, 0.05) is 16.3 Å². The van der Waals surface area contributed by atoms with Crippen LogP contribution in [0.15, 0.2) is 72.8 Å². The first-order valence-corrected chi connectivity index (χ1v) is 7.08. The van der Waals surface area contributed by atoms with Crippen molar-refractivity contribution in [3.63, 3.8) is 0 Å². The average Bonchev–Trinajstić information content (AvgIpc) is 2.93. The van der Waals surface area contributed by atoms with Gasteiger partial charge in [0.15, 0.2) is 0 Å². The topological polar surface area (TPSA) is 25.0 Å². The predicted molar refractivity (Wildman–Crippen MR) is 86.6 cm³/mol. The summed E-state index contributed by atoms with van der Waals surface area (Å²) < 4.78 is 6.05. The van der Waals surface area contributed by atoms with Crippen LogP contribution in [0, 0.1) is 0 Å². The highest BCUT2D eigenvalue weighted by Crippen LogP contribution is 2.33. The fourth-order valence-corrected chi connectivity index (χ4v) is 2.72. The number of hydrogen-bond acceptors (Lipinski definition) is 1. The van der Waals surface area contributed by atoms with Crippen LogP contribution in [0.2, 0.25) is 0 Å². The maximum atomic E-state index is 6.05. The molecule has 2 nitrogen and oxygen atoms in total. The zero-order chi connectivity index (χ0) is 14.1. The van der Waals surface area contributed by atoms with E-state index in [-0.39, 0.29) is 0 Å². The third-order valence-electron chi connectivity index (χ3n) is 3.73. The Labute approximate surface area is 123 Å². The van der Waals surface area contributed by atoms with Crippen molar-refractivity contribution in [2.75, 3.05) is 0 Å². The van der Waals surface area contributed by atoms with Crippen molar-refractivity contribution in [3.05, 3.63) is 78.4 Å². The van der Waals surface area contributed by atoms with E-state index in [0.717, 1.165) is 22.2 Å². The van der Waals surface area contributed by atoms with Gasteiger partial charge in [0.2, 0.25) is 0 Å². The maximum absolute atomic E-state index is 6.05. The van der Waals surface area contributed by atoms with Crippen molar-refractivity contribution < 1.29 is 4.74 Å². The summed E-state index contributed by atoms with van der Waals surface area (Å²) in [5.41, 5.74) is 3.43. The molecule has 0 aliphatic rings. The standard InChI is InChI=1S/C19H15NO/c1-2-7-14(8-3-1)13-21-18-12-6-11-17-19(18)15-9-4-5-10-16(15)20-17/h1-12,20H,13H2. The van der Waals surface area contributed by atoms with E-state index in [1.807, 2.05) is 36.4 Å². The van der Waals surface area contributed by atoms with E-state index < -0.39 is 0 Å². The summed E-state index contributed by atoms with van der Waals surface area (Å²) in [6.45, 7) is 0.583. The van der Waals surface area contributed by atoms with E-state index in [0.29, 0.717) is 6.61 Å². The average molecular weight is 273 g/mol. The minimum absolute atomic E-state index is 0.583. The third-order valence-corrected chi connectivity index (χ3v) is 3.73. The lowest BCUT2D eigenvalue weighted by Crippen LogP contribution is -1.95. The van der Waals surface area contributed by atoms with Crippen LogP contribution in [0.4, 0.5) is 0 Å². The number of nitrogens with one attached hydrogen (secondary N) is 1. The van der Waals surface area contributed by atoms with Gasteiger partial charge in [0.05, 0.1) is 5.52 Å². The molecule has 0 saturated heterocycles. The Morgan fingerprint density at radius 2 is 1.48 bits per heavy atom. The predicted octanol–water partition coefficient (Wildman–Crippen LogP) is 4.90. The molecule has 4 rings (SSSR count). The van der Waals surface area contributed by atoms with Gasteiger partial charge in [-0.15, -0.1) is 0 Å². The van der Waals surface area contributed by atoms with Crippen molar-refractivity contribution in [2.24, 2.45) is 0 Å². The van der Waals surface area contributed by atoms with Gasteiger partial charge < -0.3 is 9.72 Å². The summed E-state index contributed by atoms with van der Waals surface area (Å²) in [5, 5.41) is 2.36. The molecule has 102 valence electrons. The molecule has 1 aromatic heterocycles. The van der Waals surface area contributed by atoms with Crippen molar-refractivity contribution in [1.29, 1.82) is 0 Å². The van der Waals surface area contributed by atoms with E-state index in [9.17, 15) is 0 Å². The van der Waals surface area contributed by atoms with Crippen LogP contribution in [0.3, 0.4) is 0 Å². The number of aromatic nitrogens is 1. The van der Waals surface area contributed by atoms with Crippen LogP contribution in [0.25, 0.3) is 21.8 Å². The zero-order valence-electron chi connectivity index (χ0n) is 11.5. The van der Waals surface area contributed by atoms with Crippen LogP contribution in [-0.4, -0.2) is 4.98 Å². The number of aromatic amines is 1. The molecule has 0 radical (unpaired) electrons. The Morgan fingerprint density at radius 3 is 2.38 bits per heavy atom. The summed E-state index contributed by atoms with van der Waals surface area (Å²) in [6, 6.07) is 24.7. The summed E-state index contributed by atoms with van der Waals surface area (Å²) in [7, 11) is 0. The van der Waals surface area contributed by atoms with Crippen LogP contribution >= 0.6 is 0 Å². The van der Waals surface area contributed by atoms with Crippen molar-refractivity contribution in [2.45, 2.75) is 6.61 Å². The number of rotatable bonds is 3. The van der Waals surface area contributed by atoms with Gasteiger partial charge in [-0.05, 0) is 23.8 Å². The molecule has 0 amide bonds. The Morgan fingerprint density at radius 1 is 0.714 bits per heavy atom. The zero-order valence-corrected chi connectivity index (χ0v) is 11.5. The molecule has 0 aliphatic carbocycles. The fourth-order valence-electron chi connectivity index (χ4n) is 2.72. The second-order valence-corrected chi connectivity index (χ2v) is 5.12. The Bertz CT molecular complexity index is 893. The minimum atomic E-state index is 0.583. The number of para-hydroxylation sites is 1. The number of hydrogen-bond donors (Lipinski definition) is 1. The minimum Gasteiger partial charge on any atom is -0.488 e. The van der Waals surface area contributed by atoms with Gasteiger partial charge in [0.1, 0.15) is 12.4 Å². The molecule has 0 aliphatic heterocycles. The van der Waals surface area contributed by atoms with Crippen LogP contribution in [-0.2, 0) is 6.61 Å². The van der Waals surface area contributed by atoms with Gasteiger partial charge >= 0.3 is 0 Å². The van der Waals surface area contributed by atoms with Crippen molar-refractivity contribution in [1.82, 2.24) is 4.98 Å². The second kappa shape index (κ2) is 4.98. The van der Waals surface area contributed by atoms with E-state index in [1.54, 1.807) is 0 Å². The molecule has 1 heterocycles. The third kappa shape index (κ3) is 2.15. The van der Waals surface area contributed by atoms with Gasteiger partial charge in [-0.2, -0.15) is 0 Å². The molecule has 2 heteroatoms. The lowest BCUT2D eigenvalue weighted by atomic mass is 10.1. The highest BCUT2D eigenvalue weighted by Gasteiger charge is 2.09. The summed E-state index contributed by atoms with van der Waals surface area (Å²) in [4.78, 5) is 3.44. The van der Waals surface area contributed by atoms with Crippen molar-refractivity contribution >= 4 is 21.8 Å². The monoisotopic (exact) mass is 273 g/mol. The second-order valence-electron chi connectivity index (χ2n) is 5.12. The molecule has 0 bridgehead atoms. The van der Waals surface area contributed by atoms with E-state index in [4.69, 9.17) is 4.74 Å². The number of benzene rings is 3. The summed E-state index contributed by atoms with van der Waals surface area (Å²) >= 11 is 0. The van der Waals surface area contributed by atoms with E-state index in [1.165, 1.54) is 10.9 Å². The number of fused-ring (bicyclic) bond motifs is 3. The molecule has 21 heavy (non-hydrogen) atoms. The molecule has 0 atom stereocenters. The first-order valence-electron chi connectivity index (χ1n) is 7.08. The molecular weight excluding hydrogens is 258 g/mol. The van der Waals surface area contributed by atoms with Crippen LogP contribution in [0.5, 0.6) is 5.75 Å². The Balaban J connectivity index is 1.78. The van der Waals surface area contributed by atoms with Gasteiger partial charge in [-0.25, -0.2) is 0 Å². The maximum Gasteiger partial charge on any atom is 0.129 e. The molecular formula is C19H15NO. The normalized spacial score (nSPS) is 11.0. The SMILES string of the molecule is c1ccc(COc2cccc3[nH]c4ccccc4c23)cc1. The quantitative estimate of drug-likeness (QED) is 0.564. The Hall–Kier alpha value is -2.74. The van der Waals surface area contributed by atoms with Gasteiger partial charge in [0.25, 0.3) is 0 Å². The fraction of sp³-hybridized carbons (Fsp3) is 0.0526. The van der Waals surface area contributed by atoms with Gasteiger partial charge in [-0.1, -0.05) is 54.6 Å². The highest BCUT2D eigenvalue weighted by molar-refractivity contribution is 6.10. The first kappa shape index (κ1) is 12.0. The molecule has 4 aromatic rings. The van der Waals surface area contributed by atoms with E-state index in [2.05, 4.69) is 41.4 Å². The molecule has 0 fully saturated rings. The molecule has 3 aromatic carbocycles. The number of H-pyrrole nitrogens is 1. The first-order chi connectivity index (χ1) is 10.4. The Kier molecular flexibility index (Phi) is 2.86. The highest BCUT2D eigenvalue weighted by atomic mass is 16.5. The summed E-state index contributed by atoms with van der Waals surface area (Å²) in [6.07, 6.45) is 0. The van der Waals surface area contributed by atoms with Crippen LogP contribution < -0.4 is 4.74 Å². The molecule has 0 spiro atoms. The largest absolute Gasteiger partial charge is 0.488 e. The van der Waals surface area contributed by atoms with E-state index >= 15 is 0 Å². The van der Waals surface area contributed by atoms with Crippen LogP contribution in [0.1, 0.15) is 5.56 Å². The molecule has 1 N–H and O–H groups in total. The number of ether oxygens (including phenoxy) is 1. The lowest BCUT2D eigenvalue weighted by molar-refractivity contribution is 0.310. The lowest BCUT2D eigenvalue weighted by Gasteiger charge is -2.08. The summed E-state index contributed by atoms with van der Waals surface area (Å²) in [5.74, 6) is 0.925. The van der Waals surface area contributed by atoms with Gasteiger partial charge in [-0.3, -0.25) is 0 Å². The molecule has 0 unspecified atom stereocenters. The molecule has 0 saturated carbocycles. The smallest absolute Gasteiger partial charge is 0.129 e.